The van der Waals surface area contributed by atoms with Crippen molar-refractivity contribution in [3.8, 4) is 11.1 Å². The normalized spacial score (nSPS) is 9.23. The maximum absolute atomic E-state index is 9.59. The molecule has 0 unspecified atom stereocenters. The predicted octanol–water partition coefficient (Wildman–Crippen LogP) is 1.90. The van der Waals surface area contributed by atoms with Crippen LogP contribution in [0.4, 0.5) is 0 Å². The number of hydrogen-bond acceptors (Lipinski definition) is 2. The molecule has 0 aromatic carbocycles. The zero-order valence-corrected chi connectivity index (χ0v) is 7.06. The van der Waals surface area contributed by atoms with E-state index in [2.05, 4.69) is 35.6 Å². The van der Waals surface area contributed by atoms with Crippen LogP contribution >= 0.6 is 0 Å². The van der Waals surface area contributed by atoms with Crippen molar-refractivity contribution in [3.63, 3.8) is 0 Å². The molecule has 13 heavy (non-hydrogen) atoms. The Kier molecular flexibility index (Phi) is 3.09. The molecule has 2 rings (SSSR count). The number of hydrogen-bond donors (Lipinski definition) is 1. The minimum atomic E-state index is -0.986. The van der Waals surface area contributed by atoms with Gasteiger partial charge in [0.2, 0.25) is 0 Å². The molecule has 0 saturated carbocycles. The minimum Gasteiger partial charge on any atom is -0.490 e. The topological polar surface area (TPSA) is 46.5 Å². The van der Waals surface area contributed by atoms with Crippen LogP contribution in [0.3, 0.4) is 0 Å². The summed E-state index contributed by atoms with van der Waals surface area (Å²) in [6, 6.07) is 8.48. The molecule has 0 amide bonds. The van der Waals surface area contributed by atoms with Gasteiger partial charge in [-0.05, 0) is 17.2 Å². The lowest BCUT2D eigenvalue weighted by Crippen LogP contribution is -2.02. The van der Waals surface area contributed by atoms with Gasteiger partial charge < -0.3 is 9.84 Å². The number of carboxylic acid groups (broad SMARTS) is 1. The van der Waals surface area contributed by atoms with E-state index in [4.69, 9.17) is 5.11 Å². The zero-order valence-electron chi connectivity index (χ0n) is 7.06. The third-order valence-electron chi connectivity index (χ3n) is 1.44. The smallest absolute Gasteiger partial charge is 0.341 e. The van der Waals surface area contributed by atoms with E-state index >= 15 is 0 Å². The molecule has 0 saturated heterocycles. The quantitative estimate of drug-likeness (QED) is 0.730. The number of aliphatic carboxylic acids is 1. The second-order valence-electron chi connectivity index (χ2n) is 2.45. The van der Waals surface area contributed by atoms with Gasteiger partial charge in [0.25, 0.3) is 0 Å². The third kappa shape index (κ3) is 3.42. The third-order valence-corrected chi connectivity index (χ3v) is 1.44. The molecule has 0 aliphatic heterocycles. The molecule has 68 valence electrons. The molecule has 3 heteroatoms. The van der Waals surface area contributed by atoms with Crippen LogP contribution in [0.5, 0.6) is 0 Å². The number of carbonyl (C=O) groups is 1. The van der Waals surface area contributed by atoms with Gasteiger partial charge in [-0.2, -0.15) is 0 Å². The molecular formula is C10H10O3. The maximum Gasteiger partial charge on any atom is 0.341 e. The molecule has 1 N–H and O–H groups in total. The van der Waals surface area contributed by atoms with Crippen LogP contribution in [0.1, 0.15) is 0 Å². The monoisotopic (exact) mass is 178 g/mol. The molecule has 0 aromatic rings. The van der Waals surface area contributed by atoms with Gasteiger partial charge in [-0.1, -0.05) is 24.8 Å². The lowest BCUT2D eigenvalue weighted by molar-refractivity contribution is -0.140. The molecule has 0 bridgehead atoms. The predicted molar refractivity (Wildman–Crippen MR) is 49.2 cm³/mol. The van der Waals surface area contributed by atoms with Gasteiger partial charge in [-0.3, -0.25) is 0 Å². The number of benzene rings is 1. The first kappa shape index (κ1) is 9.32. The van der Waals surface area contributed by atoms with Crippen LogP contribution in [-0.2, 0) is 9.53 Å². The Labute approximate surface area is 76.3 Å². The molecule has 2 aliphatic rings. The fourth-order valence-corrected chi connectivity index (χ4v) is 0.806. The van der Waals surface area contributed by atoms with E-state index < -0.39 is 5.97 Å². The summed E-state index contributed by atoms with van der Waals surface area (Å²) in [5, 5.41) is 7.87. The zero-order chi connectivity index (χ0) is 9.68. The van der Waals surface area contributed by atoms with E-state index in [0.717, 1.165) is 6.26 Å². The summed E-state index contributed by atoms with van der Waals surface area (Å²) in [5.74, 6) is -0.986. The van der Waals surface area contributed by atoms with Crippen molar-refractivity contribution < 1.29 is 14.6 Å². The van der Waals surface area contributed by atoms with E-state index in [9.17, 15) is 4.79 Å². The Morgan fingerprint density at radius 1 is 1.54 bits per heavy atom. The highest BCUT2D eigenvalue weighted by Gasteiger charge is 2.06. The van der Waals surface area contributed by atoms with Gasteiger partial charge >= 0.3 is 5.97 Å². The molecule has 0 fully saturated rings. The van der Waals surface area contributed by atoms with Crippen molar-refractivity contribution in [2.45, 2.75) is 0 Å². The van der Waals surface area contributed by atoms with Crippen molar-refractivity contribution in [2.75, 3.05) is 6.61 Å². The summed E-state index contributed by atoms with van der Waals surface area (Å²) < 4.78 is 4.26. The molecule has 0 heterocycles. The highest BCUT2D eigenvalue weighted by Crippen LogP contribution is 2.32. The molecule has 2 aliphatic carbocycles. The summed E-state index contributed by atoms with van der Waals surface area (Å²) in [7, 11) is 0. The van der Waals surface area contributed by atoms with E-state index in [1.165, 1.54) is 11.1 Å². The first-order valence-corrected chi connectivity index (χ1v) is 3.79. The maximum atomic E-state index is 9.59. The fraction of sp³-hybridized carbons (Fsp3) is 0.100. The number of ether oxygens (including phenoxy) is 1. The Bertz CT molecular complexity index is 300. The Hall–Kier alpha value is -1.77. The lowest BCUT2D eigenvalue weighted by Gasteiger charge is -1.89. The van der Waals surface area contributed by atoms with Crippen molar-refractivity contribution >= 4 is 5.97 Å². The van der Waals surface area contributed by atoms with E-state index in [1.807, 2.05) is 0 Å². The van der Waals surface area contributed by atoms with Crippen LogP contribution in [0.2, 0.25) is 0 Å². The number of rotatable bonds is 3. The van der Waals surface area contributed by atoms with Gasteiger partial charge in [0.15, 0.2) is 6.61 Å². The lowest BCUT2D eigenvalue weighted by atomic mass is 10.6. The Balaban J connectivity index is 0.000000130. The van der Waals surface area contributed by atoms with Crippen molar-refractivity contribution in [2.24, 2.45) is 0 Å². The highest BCUT2D eigenvalue weighted by molar-refractivity contribution is 5.80. The van der Waals surface area contributed by atoms with Gasteiger partial charge in [-0.15, -0.1) is 0 Å². The Morgan fingerprint density at radius 2 is 2.15 bits per heavy atom. The van der Waals surface area contributed by atoms with E-state index in [0.29, 0.717) is 0 Å². The van der Waals surface area contributed by atoms with E-state index in [1.54, 1.807) is 0 Å². The van der Waals surface area contributed by atoms with Crippen LogP contribution in [-0.4, -0.2) is 17.7 Å². The van der Waals surface area contributed by atoms with Gasteiger partial charge in [0, 0.05) is 0 Å². The van der Waals surface area contributed by atoms with Crippen LogP contribution in [0, 0.1) is 0 Å². The average Bonchev–Trinajstić information content (AvgIpc) is 2.72. The summed E-state index contributed by atoms with van der Waals surface area (Å²) in [5.41, 5.74) is 2.85. The standard InChI is InChI=1S/C6H4.C4H6O3/c1-2-5-4-6(5)3-1;1-2-7-3-4(5)6/h1-4H;2H,1,3H2,(H,5,6). The SMILES string of the molecule is C=COCC(=O)O.c1cc2cc-2c1. The van der Waals surface area contributed by atoms with Crippen molar-refractivity contribution in [1.82, 2.24) is 0 Å². The molecule has 3 nitrogen and oxygen atoms in total. The van der Waals surface area contributed by atoms with Gasteiger partial charge in [-0.25, -0.2) is 4.79 Å². The minimum absolute atomic E-state index is 0.302. The van der Waals surface area contributed by atoms with Crippen LogP contribution < -0.4 is 0 Å². The van der Waals surface area contributed by atoms with Gasteiger partial charge in [0.1, 0.15) is 0 Å². The summed E-state index contributed by atoms with van der Waals surface area (Å²) in [6.45, 7) is 2.84. The molecule has 0 spiro atoms. The first-order chi connectivity index (χ1) is 6.24. The second-order valence-corrected chi connectivity index (χ2v) is 2.45. The second kappa shape index (κ2) is 4.30. The van der Waals surface area contributed by atoms with Crippen molar-refractivity contribution in [1.29, 1.82) is 0 Å². The van der Waals surface area contributed by atoms with Gasteiger partial charge in [0.05, 0.1) is 6.26 Å². The Morgan fingerprint density at radius 3 is 2.31 bits per heavy atom. The number of carboxylic acids is 1. The summed E-state index contributed by atoms with van der Waals surface area (Å²) >= 11 is 0. The average molecular weight is 178 g/mol. The number of fused-ring (bicyclic) bond motifs is 1. The van der Waals surface area contributed by atoms with Crippen molar-refractivity contribution in [3.05, 3.63) is 37.1 Å². The van der Waals surface area contributed by atoms with Crippen LogP contribution in [0.25, 0.3) is 11.1 Å². The molecule has 0 atom stereocenters. The fourth-order valence-electron chi connectivity index (χ4n) is 0.806. The molecular weight excluding hydrogens is 168 g/mol. The van der Waals surface area contributed by atoms with E-state index in [-0.39, 0.29) is 6.61 Å². The summed E-state index contributed by atoms with van der Waals surface area (Å²) in [4.78, 5) is 9.59. The largest absolute Gasteiger partial charge is 0.490 e. The summed E-state index contributed by atoms with van der Waals surface area (Å²) in [6.07, 6.45) is 1.09. The van der Waals surface area contributed by atoms with Crippen LogP contribution in [0.15, 0.2) is 37.1 Å². The molecule has 0 radical (unpaired) electrons. The highest BCUT2D eigenvalue weighted by atomic mass is 16.5. The molecule has 0 aromatic heterocycles. The first-order valence-electron chi connectivity index (χ1n) is 3.79.